The Bertz CT molecular complexity index is 791. The van der Waals surface area contributed by atoms with Crippen molar-refractivity contribution in [3.63, 3.8) is 0 Å². The Kier molecular flexibility index (Phi) is 7.05. The first kappa shape index (κ1) is 20.1. The molecule has 27 heavy (non-hydrogen) atoms. The van der Waals surface area contributed by atoms with Crippen molar-refractivity contribution in [3.8, 4) is 17.2 Å². The van der Waals surface area contributed by atoms with Crippen molar-refractivity contribution < 1.29 is 28.9 Å². The summed E-state index contributed by atoms with van der Waals surface area (Å²) in [6.07, 6.45) is 0.457. The Morgan fingerprint density at radius 3 is 2.19 bits per heavy atom. The number of aliphatic carboxylic acids is 1. The van der Waals surface area contributed by atoms with Crippen LogP contribution in [0.4, 0.5) is 0 Å². The molecule has 2 aromatic carbocycles. The van der Waals surface area contributed by atoms with Gasteiger partial charge < -0.3 is 24.6 Å². The third-order valence-corrected chi connectivity index (χ3v) is 4.09. The first-order valence-electron chi connectivity index (χ1n) is 8.36. The van der Waals surface area contributed by atoms with E-state index >= 15 is 0 Å². The van der Waals surface area contributed by atoms with E-state index in [9.17, 15) is 14.7 Å². The van der Waals surface area contributed by atoms with Crippen LogP contribution in [0.1, 0.15) is 23.6 Å². The number of methoxy groups -OCH3 is 3. The molecule has 1 amide bonds. The van der Waals surface area contributed by atoms with Crippen LogP contribution in [-0.4, -0.2) is 38.3 Å². The number of aryl methyl sites for hydroxylation is 1. The summed E-state index contributed by atoms with van der Waals surface area (Å²) in [5.74, 6) is -0.0213. The highest BCUT2D eigenvalue weighted by molar-refractivity contribution is 5.84. The predicted octanol–water partition coefficient (Wildman–Crippen LogP) is 2.59. The van der Waals surface area contributed by atoms with Gasteiger partial charge in [-0.25, -0.2) is 4.79 Å². The molecule has 0 aliphatic rings. The molecule has 2 rings (SSSR count). The van der Waals surface area contributed by atoms with E-state index in [1.165, 1.54) is 21.3 Å². The summed E-state index contributed by atoms with van der Waals surface area (Å²) in [4.78, 5) is 23.8. The standard InChI is InChI=1S/C20H23NO6/c1-25-15-11-9-14(18(26-2)19(15)27-3)10-12-16(22)21-17(20(23)24)13-7-5-4-6-8-13/h4-9,11,17H,10,12H2,1-3H3,(H,21,22)(H,23,24)/t17-/m0/s1. The zero-order valence-electron chi connectivity index (χ0n) is 15.5. The third kappa shape index (κ3) is 4.91. The molecule has 0 aliphatic heterocycles. The van der Waals surface area contributed by atoms with Gasteiger partial charge in [0.1, 0.15) is 0 Å². The SMILES string of the molecule is COc1ccc(CCC(=O)N[C@H](C(=O)O)c2ccccc2)c(OC)c1OC. The summed E-state index contributed by atoms with van der Waals surface area (Å²) in [5, 5.41) is 12.0. The Morgan fingerprint density at radius 2 is 1.63 bits per heavy atom. The van der Waals surface area contributed by atoms with Crippen LogP contribution >= 0.6 is 0 Å². The number of carboxylic acids is 1. The van der Waals surface area contributed by atoms with Crippen molar-refractivity contribution in [1.82, 2.24) is 5.32 Å². The van der Waals surface area contributed by atoms with Crippen molar-refractivity contribution in [2.75, 3.05) is 21.3 Å². The second-order valence-electron chi connectivity index (χ2n) is 5.74. The van der Waals surface area contributed by atoms with Crippen LogP contribution in [0.15, 0.2) is 42.5 Å². The molecule has 2 aromatic rings. The normalized spacial score (nSPS) is 11.4. The number of carboxylic acid groups (broad SMARTS) is 1. The molecule has 7 heteroatoms. The molecule has 0 aliphatic carbocycles. The first-order valence-corrected chi connectivity index (χ1v) is 8.36. The fourth-order valence-electron chi connectivity index (χ4n) is 2.77. The average Bonchev–Trinajstić information content (AvgIpc) is 2.69. The largest absolute Gasteiger partial charge is 0.493 e. The molecule has 0 saturated carbocycles. The number of hydrogen-bond donors (Lipinski definition) is 2. The third-order valence-electron chi connectivity index (χ3n) is 4.09. The van der Waals surface area contributed by atoms with Crippen molar-refractivity contribution in [2.45, 2.75) is 18.9 Å². The highest BCUT2D eigenvalue weighted by atomic mass is 16.5. The summed E-state index contributed by atoms with van der Waals surface area (Å²) < 4.78 is 16.0. The average molecular weight is 373 g/mol. The molecular weight excluding hydrogens is 350 g/mol. The zero-order valence-corrected chi connectivity index (χ0v) is 15.5. The van der Waals surface area contributed by atoms with E-state index in [0.717, 1.165) is 5.56 Å². The number of rotatable bonds is 9. The van der Waals surface area contributed by atoms with Crippen LogP contribution in [0.5, 0.6) is 17.2 Å². The van der Waals surface area contributed by atoms with Crippen molar-refractivity contribution >= 4 is 11.9 Å². The molecule has 144 valence electrons. The fourth-order valence-corrected chi connectivity index (χ4v) is 2.77. The predicted molar refractivity (Wildman–Crippen MR) is 99.4 cm³/mol. The second kappa shape index (κ2) is 9.47. The van der Waals surface area contributed by atoms with E-state index in [2.05, 4.69) is 5.32 Å². The van der Waals surface area contributed by atoms with E-state index in [1.54, 1.807) is 42.5 Å². The summed E-state index contributed by atoms with van der Waals surface area (Å²) in [6, 6.07) is 11.0. The van der Waals surface area contributed by atoms with Crippen LogP contribution in [-0.2, 0) is 16.0 Å². The number of hydrogen-bond acceptors (Lipinski definition) is 5. The molecule has 2 N–H and O–H groups in total. The van der Waals surface area contributed by atoms with Crippen LogP contribution in [0.3, 0.4) is 0 Å². The summed E-state index contributed by atoms with van der Waals surface area (Å²) in [7, 11) is 4.55. The Hall–Kier alpha value is -3.22. The van der Waals surface area contributed by atoms with E-state index in [-0.39, 0.29) is 12.3 Å². The van der Waals surface area contributed by atoms with E-state index in [1.807, 2.05) is 0 Å². The monoisotopic (exact) mass is 373 g/mol. The van der Waals surface area contributed by atoms with Gasteiger partial charge in [-0.15, -0.1) is 0 Å². The van der Waals surface area contributed by atoms with Gasteiger partial charge in [0.2, 0.25) is 11.7 Å². The first-order chi connectivity index (χ1) is 13.0. The molecule has 0 spiro atoms. The van der Waals surface area contributed by atoms with E-state index < -0.39 is 12.0 Å². The Labute approximate surface area is 157 Å². The van der Waals surface area contributed by atoms with Gasteiger partial charge in [-0.2, -0.15) is 0 Å². The van der Waals surface area contributed by atoms with E-state index in [0.29, 0.717) is 29.2 Å². The zero-order chi connectivity index (χ0) is 19.8. The molecule has 0 unspecified atom stereocenters. The van der Waals surface area contributed by atoms with Gasteiger partial charge in [-0.3, -0.25) is 4.79 Å². The lowest BCUT2D eigenvalue weighted by molar-refractivity contribution is -0.142. The number of nitrogens with one attached hydrogen (secondary N) is 1. The molecule has 0 radical (unpaired) electrons. The van der Waals surface area contributed by atoms with Crippen molar-refractivity contribution in [2.24, 2.45) is 0 Å². The van der Waals surface area contributed by atoms with Crippen LogP contribution in [0, 0.1) is 0 Å². The Balaban J connectivity index is 2.10. The highest BCUT2D eigenvalue weighted by Gasteiger charge is 2.22. The number of benzene rings is 2. The van der Waals surface area contributed by atoms with Gasteiger partial charge in [0, 0.05) is 6.42 Å². The lowest BCUT2D eigenvalue weighted by Crippen LogP contribution is -2.33. The molecule has 7 nitrogen and oxygen atoms in total. The molecule has 0 bridgehead atoms. The summed E-state index contributed by atoms with van der Waals surface area (Å²) in [5.41, 5.74) is 1.28. The number of ether oxygens (including phenoxy) is 3. The number of carbonyl (C=O) groups excluding carboxylic acids is 1. The minimum atomic E-state index is -1.11. The maximum Gasteiger partial charge on any atom is 0.330 e. The summed E-state index contributed by atoms with van der Waals surface area (Å²) >= 11 is 0. The van der Waals surface area contributed by atoms with Gasteiger partial charge in [0.25, 0.3) is 0 Å². The van der Waals surface area contributed by atoms with Gasteiger partial charge in [0.05, 0.1) is 21.3 Å². The molecule has 0 saturated heterocycles. The molecule has 0 heterocycles. The van der Waals surface area contributed by atoms with Crippen LogP contribution < -0.4 is 19.5 Å². The minimum absolute atomic E-state index is 0.0997. The lowest BCUT2D eigenvalue weighted by atomic mass is 10.0. The maximum absolute atomic E-state index is 12.3. The fraction of sp³-hybridized carbons (Fsp3) is 0.300. The second-order valence-corrected chi connectivity index (χ2v) is 5.74. The molecule has 1 atom stereocenters. The van der Waals surface area contributed by atoms with Gasteiger partial charge >= 0.3 is 5.97 Å². The summed E-state index contributed by atoms with van der Waals surface area (Å²) in [6.45, 7) is 0. The van der Waals surface area contributed by atoms with E-state index in [4.69, 9.17) is 14.2 Å². The van der Waals surface area contributed by atoms with Crippen LogP contribution in [0.25, 0.3) is 0 Å². The topological polar surface area (TPSA) is 94.1 Å². The maximum atomic E-state index is 12.3. The van der Waals surface area contributed by atoms with Crippen LogP contribution in [0.2, 0.25) is 0 Å². The Morgan fingerprint density at radius 1 is 0.963 bits per heavy atom. The van der Waals surface area contributed by atoms with Gasteiger partial charge in [-0.1, -0.05) is 36.4 Å². The molecule has 0 aromatic heterocycles. The van der Waals surface area contributed by atoms with Gasteiger partial charge in [0.15, 0.2) is 17.5 Å². The van der Waals surface area contributed by atoms with Gasteiger partial charge in [-0.05, 0) is 23.6 Å². The minimum Gasteiger partial charge on any atom is -0.493 e. The molecular formula is C20H23NO6. The number of carbonyl (C=O) groups is 2. The van der Waals surface area contributed by atoms with Crippen molar-refractivity contribution in [1.29, 1.82) is 0 Å². The smallest absolute Gasteiger partial charge is 0.330 e. The number of amides is 1. The quantitative estimate of drug-likeness (QED) is 0.702. The lowest BCUT2D eigenvalue weighted by Gasteiger charge is -2.17. The molecule has 0 fully saturated rings. The van der Waals surface area contributed by atoms with Crippen molar-refractivity contribution in [3.05, 3.63) is 53.6 Å². The highest BCUT2D eigenvalue weighted by Crippen LogP contribution is 2.40.